The Labute approximate surface area is 105 Å². The molecule has 18 heavy (non-hydrogen) atoms. The van der Waals surface area contributed by atoms with E-state index in [0.717, 1.165) is 31.7 Å². The average Bonchev–Trinajstić information content (AvgIpc) is 2.31. The minimum Gasteiger partial charge on any atom is -0.478 e. The molecule has 0 spiro atoms. The summed E-state index contributed by atoms with van der Waals surface area (Å²) in [7, 11) is 0. The lowest BCUT2D eigenvalue weighted by Gasteiger charge is -2.27. The summed E-state index contributed by atoms with van der Waals surface area (Å²) in [5.74, 6) is -1.84. The number of aromatic nitrogens is 1. The molecule has 2 atom stereocenters. The first kappa shape index (κ1) is 12.8. The molecule has 1 aliphatic rings. The number of carboxylic acids is 1. The second-order valence-electron chi connectivity index (χ2n) is 4.79. The van der Waals surface area contributed by atoms with Crippen molar-refractivity contribution in [3.8, 4) is 5.88 Å². The van der Waals surface area contributed by atoms with E-state index in [2.05, 4.69) is 11.9 Å². The molecule has 0 aliphatic heterocycles. The van der Waals surface area contributed by atoms with Crippen LogP contribution >= 0.6 is 0 Å². The highest BCUT2D eigenvalue weighted by atomic mass is 19.1. The lowest BCUT2D eigenvalue weighted by atomic mass is 9.89. The van der Waals surface area contributed by atoms with Crippen LogP contribution in [0.4, 0.5) is 4.39 Å². The minimum absolute atomic E-state index is 0.0696. The van der Waals surface area contributed by atoms with Gasteiger partial charge in [-0.05, 0) is 31.2 Å². The smallest absolute Gasteiger partial charge is 0.338 e. The fourth-order valence-corrected chi connectivity index (χ4v) is 2.32. The molecule has 0 saturated heterocycles. The van der Waals surface area contributed by atoms with Gasteiger partial charge in [0, 0.05) is 6.20 Å². The second kappa shape index (κ2) is 5.33. The van der Waals surface area contributed by atoms with E-state index >= 15 is 0 Å². The van der Waals surface area contributed by atoms with Crippen molar-refractivity contribution in [1.29, 1.82) is 0 Å². The van der Waals surface area contributed by atoms with Crippen LogP contribution in [0.3, 0.4) is 0 Å². The van der Waals surface area contributed by atoms with Crippen LogP contribution in [0.2, 0.25) is 0 Å². The van der Waals surface area contributed by atoms with Crippen molar-refractivity contribution in [2.45, 2.75) is 38.7 Å². The molecule has 1 aromatic heterocycles. The van der Waals surface area contributed by atoms with Crippen LogP contribution in [0.1, 0.15) is 43.0 Å². The van der Waals surface area contributed by atoms with Gasteiger partial charge in [-0.3, -0.25) is 0 Å². The van der Waals surface area contributed by atoms with E-state index in [-0.39, 0.29) is 12.0 Å². The second-order valence-corrected chi connectivity index (χ2v) is 4.79. The van der Waals surface area contributed by atoms with E-state index in [0.29, 0.717) is 5.92 Å². The number of ether oxygens (including phenoxy) is 1. The summed E-state index contributed by atoms with van der Waals surface area (Å²) < 4.78 is 19.3. The van der Waals surface area contributed by atoms with Gasteiger partial charge in [0.2, 0.25) is 0 Å². The first-order valence-corrected chi connectivity index (χ1v) is 6.12. The van der Waals surface area contributed by atoms with Crippen LogP contribution in [0, 0.1) is 11.7 Å². The molecule has 1 aromatic rings. The largest absolute Gasteiger partial charge is 0.478 e. The zero-order chi connectivity index (χ0) is 13.1. The first-order chi connectivity index (χ1) is 8.58. The Bertz CT molecular complexity index is 450. The van der Waals surface area contributed by atoms with E-state index < -0.39 is 17.3 Å². The highest BCUT2D eigenvalue weighted by molar-refractivity contribution is 5.88. The Kier molecular flexibility index (Phi) is 3.79. The summed E-state index contributed by atoms with van der Waals surface area (Å²) in [6, 6.07) is 1.13. The van der Waals surface area contributed by atoms with Gasteiger partial charge in [-0.2, -0.15) is 0 Å². The molecule has 0 radical (unpaired) electrons. The topological polar surface area (TPSA) is 59.4 Å². The van der Waals surface area contributed by atoms with Gasteiger partial charge in [-0.15, -0.1) is 0 Å². The Balaban J connectivity index is 2.14. The number of rotatable bonds is 3. The lowest BCUT2D eigenvalue weighted by molar-refractivity contribution is 0.0686. The molecule has 1 aliphatic carbocycles. The van der Waals surface area contributed by atoms with Crippen molar-refractivity contribution in [3.05, 3.63) is 23.6 Å². The highest BCUT2D eigenvalue weighted by Gasteiger charge is 2.23. The number of aromatic carboxylic acids is 1. The molecule has 1 heterocycles. The van der Waals surface area contributed by atoms with Crippen LogP contribution in [0.15, 0.2) is 12.3 Å². The van der Waals surface area contributed by atoms with Crippen molar-refractivity contribution in [2.24, 2.45) is 5.92 Å². The SMILES string of the molecule is CC1CCCC(Oc2nccc(C(=O)O)c2F)C1. The zero-order valence-corrected chi connectivity index (χ0v) is 10.2. The average molecular weight is 253 g/mol. The molecule has 2 rings (SSSR count). The van der Waals surface area contributed by atoms with Gasteiger partial charge in [0.1, 0.15) is 11.7 Å². The van der Waals surface area contributed by atoms with Gasteiger partial charge >= 0.3 is 5.97 Å². The maximum atomic E-state index is 13.8. The van der Waals surface area contributed by atoms with Crippen LogP contribution in [-0.4, -0.2) is 22.2 Å². The maximum absolute atomic E-state index is 13.8. The molecule has 1 saturated carbocycles. The number of nitrogens with zero attached hydrogens (tertiary/aromatic N) is 1. The van der Waals surface area contributed by atoms with Gasteiger partial charge < -0.3 is 9.84 Å². The highest BCUT2D eigenvalue weighted by Crippen LogP contribution is 2.28. The van der Waals surface area contributed by atoms with Crippen LogP contribution in [0.25, 0.3) is 0 Å². The fourth-order valence-electron chi connectivity index (χ4n) is 2.32. The molecule has 0 amide bonds. The van der Waals surface area contributed by atoms with Gasteiger partial charge in [0.25, 0.3) is 5.88 Å². The van der Waals surface area contributed by atoms with Crippen molar-refractivity contribution >= 4 is 5.97 Å². The molecular formula is C13H16FNO3. The number of hydrogen-bond donors (Lipinski definition) is 1. The van der Waals surface area contributed by atoms with E-state index in [1.165, 1.54) is 6.20 Å². The van der Waals surface area contributed by atoms with E-state index in [1.54, 1.807) is 0 Å². The maximum Gasteiger partial charge on any atom is 0.338 e. The zero-order valence-electron chi connectivity index (χ0n) is 10.2. The Morgan fingerprint density at radius 1 is 1.56 bits per heavy atom. The minimum atomic E-state index is -1.31. The number of carboxylic acid groups (broad SMARTS) is 1. The van der Waals surface area contributed by atoms with Crippen LogP contribution in [0.5, 0.6) is 5.88 Å². The molecule has 0 aromatic carbocycles. The number of halogens is 1. The Morgan fingerprint density at radius 3 is 3.00 bits per heavy atom. The lowest BCUT2D eigenvalue weighted by Crippen LogP contribution is -2.25. The van der Waals surface area contributed by atoms with E-state index in [4.69, 9.17) is 9.84 Å². The van der Waals surface area contributed by atoms with Crippen molar-refractivity contribution in [3.63, 3.8) is 0 Å². The molecule has 5 heteroatoms. The molecule has 0 bridgehead atoms. The van der Waals surface area contributed by atoms with Gasteiger partial charge in [0.15, 0.2) is 5.82 Å². The molecule has 1 N–H and O–H groups in total. The van der Waals surface area contributed by atoms with E-state index in [9.17, 15) is 9.18 Å². The monoisotopic (exact) mass is 253 g/mol. The first-order valence-electron chi connectivity index (χ1n) is 6.12. The molecular weight excluding hydrogens is 237 g/mol. The quantitative estimate of drug-likeness (QED) is 0.899. The van der Waals surface area contributed by atoms with Crippen LogP contribution in [-0.2, 0) is 0 Å². The summed E-state index contributed by atoms with van der Waals surface area (Å²) in [5, 5.41) is 8.81. The number of pyridine rings is 1. The number of carbonyl (C=O) groups is 1. The molecule has 1 fully saturated rings. The molecule has 98 valence electrons. The fraction of sp³-hybridized carbons (Fsp3) is 0.538. The third kappa shape index (κ3) is 2.78. The van der Waals surface area contributed by atoms with Crippen LogP contribution < -0.4 is 4.74 Å². The van der Waals surface area contributed by atoms with Gasteiger partial charge in [0.05, 0.1) is 0 Å². The third-order valence-electron chi connectivity index (χ3n) is 3.25. The standard InChI is InChI=1S/C13H16FNO3/c1-8-3-2-4-9(7-8)18-12-11(14)10(13(16)17)5-6-15-12/h5-6,8-9H,2-4,7H2,1H3,(H,16,17). The summed E-state index contributed by atoms with van der Waals surface area (Å²) in [6.07, 6.45) is 5.12. The number of hydrogen-bond acceptors (Lipinski definition) is 3. The van der Waals surface area contributed by atoms with Gasteiger partial charge in [-0.1, -0.05) is 13.3 Å². The van der Waals surface area contributed by atoms with E-state index in [1.807, 2.05) is 0 Å². The predicted octanol–water partition coefficient (Wildman–Crippen LogP) is 2.88. The molecule has 2 unspecified atom stereocenters. The summed E-state index contributed by atoms with van der Waals surface area (Å²) >= 11 is 0. The van der Waals surface area contributed by atoms with Crippen molar-refractivity contribution in [2.75, 3.05) is 0 Å². The summed E-state index contributed by atoms with van der Waals surface area (Å²) in [5.41, 5.74) is -0.399. The summed E-state index contributed by atoms with van der Waals surface area (Å²) in [6.45, 7) is 2.13. The molecule has 4 nitrogen and oxygen atoms in total. The van der Waals surface area contributed by atoms with Crippen molar-refractivity contribution < 1.29 is 19.0 Å². The Hall–Kier alpha value is -1.65. The predicted molar refractivity (Wildman–Crippen MR) is 63.2 cm³/mol. The van der Waals surface area contributed by atoms with Gasteiger partial charge in [-0.25, -0.2) is 14.2 Å². The van der Waals surface area contributed by atoms with Crippen molar-refractivity contribution in [1.82, 2.24) is 4.98 Å². The third-order valence-corrected chi connectivity index (χ3v) is 3.25. The Morgan fingerprint density at radius 2 is 2.33 bits per heavy atom. The normalized spacial score (nSPS) is 23.7. The summed E-state index contributed by atoms with van der Waals surface area (Å²) in [4.78, 5) is 14.6.